The average Bonchev–Trinajstić information content (AvgIpc) is 3.24. The van der Waals surface area contributed by atoms with E-state index in [1.165, 1.54) is 0 Å². The molecule has 12 heteroatoms. The Morgan fingerprint density at radius 3 is 2.54 bits per heavy atom. The molecule has 2 saturated heterocycles. The van der Waals surface area contributed by atoms with Crippen LogP contribution < -0.4 is 15.8 Å². The Hall–Kier alpha value is -3.90. The molecule has 4 atom stereocenters. The summed E-state index contributed by atoms with van der Waals surface area (Å²) in [6.45, 7) is 1.86. The predicted octanol–water partition coefficient (Wildman–Crippen LogP) is 3.34. The number of carbonyl (C=O) groups is 2. The number of nitrogens with one attached hydrogen (secondary N) is 1. The molecule has 3 unspecified atom stereocenters. The van der Waals surface area contributed by atoms with Crippen molar-refractivity contribution in [1.29, 1.82) is 0 Å². The molecule has 4 heterocycles. The molecular formula is C34H40N6O5S. The van der Waals surface area contributed by atoms with Gasteiger partial charge < -0.3 is 29.8 Å². The molecule has 11 nitrogen and oxygen atoms in total. The van der Waals surface area contributed by atoms with Crippen LogP contribution in [0, 0.1) is 17.8 Å². The monoisotopic (exact) mass is 644 g/mol. The average molecular weight is 645 g/mol. The number of methoxy groups -OCH3 is 1. The van der Waals surface area contributed by atoms with Crippen LogP contribution in [0.1, 0.15) is 52.8 Å². The molecule has 0 radical (unpaired) electrons. The lowest BCUT2D eigenvalue weighted by molar-refractivity contribution is 0.0700. The molecule has 0 spiro atoms. The Morgan fingerprint density at radius 2 is 1.87 bits per heavy atom. The molecule has 2 amide bonds. The van der Waals surface area contributed by atoms with Crippen molar-refractivity contribution in [3.63, 3.8) is 0 Å². The Labute approximate surface area is 268 Å². The van der Waals surface area contributed by atoms with Crippen LogP contribution in [0.5, 0.6) is 5.75 Å². The number of amides is 2. The van der Waals surface area contributed by atoms with Gasteiger partial charge in [0.25, 0.3) is 11.8 Å². The molecule has 4 fully saturated rings. The first kappa shape index (κ1) is 29.5. The summed E-state index contributed by atoms with van der Waals surface area (Å²) >= 11 is 0. The number of likely N-dealkylation sites (tertiary alicyclic amines) is 1. The highest BCUT2D eigenvalue weighted by Crippen LogP contribution is 2.40. The Morgan fingerprint density at radius 1 is 1.04 bits per heavy atom. The van der Waals surface area contributed by atoms with Gasteiger partial charge in [0.15, 0.2) is 15.7 Å². The first-order chi connectivity index (χ1) is 22.1. The maximum absolute atomic E-state index is 13.7. The zero-order chi connectivity index (χ0) is 31.9. The smallest absolute Gasteiger partial charge is 0.254 e. The van der Waals surface area contributed by atoms with Crippen molar-refractivity contribution in [3.05, 3.63) is 47.5 Å². The van der Waals surface area contributed by atoms with Gasteiger partial charge in [0.1, 0.15) is 11.3 Å². The minimum absolute atomic E-state index is 0.0294. The minimum Gasteiger partial charge on any atom is -0.494 e. The third-order valence-electron chi connectivity index (χ3n) is 10.7. The number of aryl methyl sites for hydroxylation is 1. The predicted molar refractivity (Wildman–Crippen MR) is 176 cm³/mol. The van der Waals surface area contributed by atoms with E-state index in [0.29, 0.717) is 53.7 Å². The SMILES string of the molecule is COc1cc(C(=O)N2CC3CCC2[C@@H]3N)cc2nc(-c3cc4ccc(C(=O)NCC5CCS(=O)(=O)C5)cc4n3CC3CC3)n(C)c12. The molecule has 2 bridgehead atoms. The molecule has 4 aromatic rings. The second-order valence-corrected chi connectivity index (χ2v) is 16.0. The standard InChI is InChI=1S/C34H40N6O5S/c1-38-31-25(11-24(14-29(31)45-2)34(42)40-17-23-7-8-26(40)30(23)35)37-32(38)28-12-21-5-6-22(13-27(21)39(28)16-19-3-4-19)33(41)36-15-20-9-10-46(43,44)18-20/h5-6,11-14,19-20,23,26,30H,3-4,7-10,15-18,35H2,1-2H3,(H,36,41)/t20?,23?,26?,30-/m1/s1. The van der Waals surface area contributed by atoms with Gasteiger partial charge in [0.2, 0.25) is 0 Å². The van der Waals surface area contributed by atoms with Crippen LogP contribution in [0.25, 0.3) is 33.5 Å². The molecule has 2 aliphatic carbocycles. The van der Waals surface area contributed by atoms with Crippen molar-refractivity contribution >= 4 is 43.6 Å². The van der Waals surface area contributed by atoms with E-state index in [-0.39, 0.29) is 41.3 Å². The fourth-order valence-electron chi connectivity index (χ4n) is 7.97. The zero-order valence-electron chi connectivity index (χ0n) is 26.2. The van der Waals surface area contributed by atoms with Crippen molar-refractivity contribution < 1.29 is 22.7 Å². The van der Waals surface area contributed by atoms with Crippen LogP contribution >= 0.6 is 0 Å². The highest BCUT2D eigenvalue weighted by molar-refractivity contribution is 7.91. The third kappa shape index (κ3) is 4.97. The van der Waals surface area contributed by atoms with Gasteiger partial charge in [0.05, 0.1) is 29.8 Å². The first-order valence-corrected chi connectivity index (χ1v) is 18.2. The number of rotatable bonds is 8. The zero-order valence-corrected chi connectivity index (χ0v) is 27.1. The van der Waals surface area contributed by atoms with Crippen LogP contribution in [-0.4, -0.2) is 83.0 Å². The molecular weight excluding hydrogens is 604 g/mol. The van der Waals surface area contributed by atoms with Gasteiger partial charge in [0, 0.05) is 60.8 Å². The molecule has 4 aliphatic rings. The molecule has 2 aromatic heterocycles. The number of sulfone groups is 1. The van der Waals surface area contributed by atoms with E-state index < -0.39 is 9.84 Å². The van der Waals surface area contributed by atoms with Crippen molar-refractivity contribution in [3.8, 4) is 17.3 Å². The lowest BCUT2D eigenvalue weighted by atomic mass is 10.1. The number of benzene rings is 2. The fraction of sp³-hybridized carbons (Fsp3) is 0.500. The number of nitrogens with zero attached hydrogens (tertiary/aromatic N) is 4. The van der Waals surface area contributed by atoms with Gasteiger partial charge in [-0.25, -0.2) is 13.4 Å². The maximum Gasteiger partial charge on any atom is 0.254 e. The normalized spacial score (nSPS) is 25.2. The number of carbonyl (C=O) groups excluding carboxylic acids is 2. The molecule has 2 aliphatic heterocycles. The highest BCUT2D eigenvalue weighted by atomic mass is 32.2. The number of imidazole rings is 1. The van der Waals surface area contributed by atoms with Crippen molar-refractivity contribution in [2.75, 3.05) is 31.7 Å². The Kier molecular flexibility index (Phi) is 6.95. The van der Waals surface area contributed by atoms with E-state index in [2.05, 4.69) is 16.0 Å². The molecule has 2 aromatic carbocycles. The fourth-order valence-corrected chi connectivity index (χ4v) is 9.84. The van der Waals surface area contributed by atoms with Gasteiger partial charge >= 0.3 is 0 Å². The van der Waals surface area contributed by atoms with Gasteiger partial charge in [-0.3, -0.25) is 9.59 Å². The van der Waals surface area contributed by atoms with E-state index >= 15 is 0 Å². The Balaban J connectivity index is 1.14. The van der Waals surface area contributed by atoms with E-state index in [4.69, 9.17) is 15.5 Å². The maximum atomic E-state index is 13.7. The summed E-state index contributed by atoms with van der Waals surface area (Å²) in [6, 6.07) is 11.6. The van der Waals surface area contributed by atoms with Crippen LogP contribution in [0.4, 0.5) is 0 Å². The second-order valence-electron chi connectivity index (χ2n) is 13.8. The molecule has 242 valence electrons. The van der Waals surface area contributed by atoms with E-state index in [1.54, 1.807) is 7.11 Å². The van der Waals surface area contributed by atoms with E-state index in [9.17, 15) is 18.0 Å². The number of fused-ring (bicyclic) bond motifs is 4. The summed E-state index contributed by atoms with van der Waals surface area (Å²) in [4.78, 5) is 33.9. The molecule has 2 saturated carbocycles. The Bertz CT molecular complexity index is 2010. The number of ether oxygens (including phenoxy) is 1. The van der Waals surface area contributed by atoms with Gasteiger partial charge in [-0.2, -0.15) is 0 Å². The number of aromatic nitrogens is 3. The molecule has 3 N–H and O–H groups in total. The number of piperidine rings is 1. The highest BCUT2D eigenvalue weighted by Gasteiger charge is 2.47. The third-order valence-corrected chi connectivity index (χ3v) is 12.6. The van der Waals surface area contributed by atoms with E-state index in [0.717, 1.165) is 60.2 Å². The summed E-state index contributed by atoms with van der Waals surface area (Å²) in [5, 5.41) is 3.96. The quantitative estimate of drug-likeness (QED) is 0.300. The number of hydrogen-bond donors (Lipinski definition) is 2. The van der Waals surface area contributed by atoms with Crippen LogP contribution in [-0.2, 0) is 23.4 Å². The lowest BCUT2D eigenvalue weighted by Gasteiger charge is -2.27. The van der Waals surface area contributed by atoms with Gasteiger partial charge in [-0.05, 0) is 80.2 Å². The summed E-state index contributed by atoms with van der Waals surface area (Å²) in [5.74, 6) is 2.32. The summed E-state index contributed by atoms with van der Waals surface area (Å²) in [6.07, 6.45) is 4.93. The number of hydrogen-bond acceptors (Lipinski definition) is 7. The van der Waals surface area contributed by atoms with Crippen molar-refractivity contribution in [2.24, 2.45) is 30.5 Å². The number of nitrogens with two attached hydrogens (primary N) is 1. The van der Waals surface area contributed by atoms with Crippen molar-refractivity contribution in [1.82, 2.24) is 24.3 Å². The lowest BCUT2D eigenvalue weighted by Crippen LogP contribution is -2.41. The molecule has 8 rings (SSSR count). The van der Waals surface area contributed by atoms with Crippen molar-refractivity contribution in [2.45, 2.75) is 50.7 Å². The summed E-state index contributed by atoms with van der Waals surface area (Å²) in [7, 11) is 0.585. The second kappa shape index (κ2) is 10.8. The van der Waals surface area contributed by atoms with Gasteiger partial charge in [-0.1, -0.05) is 6.07 Å². The summed E-state index contributed by atoms with van der Waals surface area (Å²) < 4.78 is 33.8. The van der Waals surface area contributed by atoms with Gasteiger partial charge in [-0.15, -0.1) is 0 Å². The van der Waals surface area contributed by atoms with E-state index in [1.807, 2.05) is 46.8 Å². The largest absolute Gasteiger partial charge is 0.494 e. The minimum atomic E-state index is -3.00. The van der Waals surface area contributed by atoms with Crippen LogP contribution in [0.15, 0.2) is 36.4 Å². The topological polar surface area (TPSA) is 142 Å². The van der Waals surface area contributed by atoms with Crippen LogP contribution in [0.2, 0.25) is 0 Å². The summed E-state index contributed by atoms with van der Waals surface area (Å²) in [5.41, 5.74) is 10.9. The van der Waals surface area contributed by atoms with Crippen LogP contribution in [0.3, 0.4) is 0 Å². The first-order valence-electron chi connectivity index (χ1n) is 16.3. The molecule has 46 heavy (non-hydrogen) atoms.